The third-order valence-electron chi connectivity index (χ3n) is 8.11. The Labute approximate surface area is 205 Å². The van der Waals surface area contributed by atoms with Gasteiger partial charge in [-0.3, -0.25) is 0 Å². The molecule has 1 atom stereocenters. The molecule has 34 heavy (non-hydrogen) atoms. The molecule has 4 bridgehead atoms. The van der Waals surface area contributed by atoms with Crippen molar-refractivity contribution in [2.45, 2.75) is 75.4 Å². The Kier molecular flexibility index (Phi) is 6.12. The SMILES string of the molecule is Clc1cccc(Cl)c1C1CCc2nnc(C34CC5CC(CC(C5)C3)C4)n2C1.O=C(O)C(F)(F)F. The second-order valence-electron chi connectivity index (χ2n) is 10.4. The van der Waals surface area contributed by atoms with Crippen LogP contribution in [0.4, 0.5) is 13.2 Å². The first-order valence-electron chi connectivity index (χ1n) is 11.7. The van der Waals surface area contributed by atoms with Gasteiger partial charge >= 0.3 is 12.1 Å². The number of aliphatic carboxylic acids is 1. The Hall–Kier alpha value is -1.80. The molecule has 0 radical (unpaired) electrons. The summed E-state index contributed by atoms with van der Waals surface area (Å²) in [5.74, 6) is 2.80. The smallest absolute Gasteiger partial charge is 0.475 e. The van der Waals surface area contributed by atoms with Gasteiger partial charge in [-0.15, -0.1) is 10.2 Å². The number of nitrogens with zero attached hydrogens (tertiary/aromatic N) is 3. The minimum absolute atomic E-state index is 0.284. The number of carboxylic acid groups (broad SMARTS) is 1. The maximum absolute atomic E-state index is 10.6. The molecule has 7 rings (SSSR count). The summed E-state index contributed by atoms with van der Waals surface area (Å²) < 4.78 is 34.2. The molecule has 4 aliphatic carbocycles. The van der Waals surface area contributed by atoms with E-state index in [1.165, 1.54) is 50.2 Å². The molecule has 2 aromatic rings. The van der Waals surface area contributed by atoms with E-state index in [4.69, 9.17) is 38.2 Å². The van der Waals surface area contributed by atoms with Crippen LogP contribution in [0.15, 0.2) is 18.2 Å². The number of hydrogen-bond acceptors (Lipinski definition) is 3. The Balaban J connectivity index is 0.000000304. The first-order valence-corrected chi connectivity index (χ1v) is 12.5. The number of halogens is 5. The Morgan fingerprint density at radius 2 is 1.56 bits per heavy atom. The molecular formula is C24H26Cl2F3N3O2. The third kappa shape index (κ3) is 4.32. The van der Waals surface area contributed by atoms with E-state index in [0.717, 1.165) is 52.7 Å². The van der Waals surface area contributed by atoms with Crippen LogP contribution >= 0.6 is 23.2 Å². The summed E-state index contributed by atoms with van der Waals surface area (Å²) >= 11 is 13.1. The molecule has 1 N–H and O–H groups in total. The van der Waals surface area contributed by atoms with E-state index in [1.54, 1.807) is 0 Å². The molecule has 4 saturated carbocycles. The van der Waals surface area contributed by atoms with Gasteiger partial charge in [0.25, 0.3) is 0 Å². The van der Waals surface area contributed by atoms with Crippen molar-refractivity contribution in [1.29, 1.82) is 0 Å². The van der Waals surface area contributed by atoms with Crippen LogP contribution in [0.1, 0.15) is 68.1 Å². The zero-order valence-electron chi connectivity index (χ0n) is 18.5. The first kappa shape index (κ1) is 23.9. The molecule has 1 aromatic carbocycles. The van der Waals surface area contributed by atoms with Crippen LogP contribution in [0.2, 0.25) is 10.0 Å². The highest BCUT2D eigenvalue weighted by atomic mass is 35.5. The van der Waals surface area contributed by atoms with Crippen LogP contribution < -0.4 is 0 Å². The van der Waals surface area contributed by atoms with E-state index < -0.39 is 12.1 Å². The zero-order chi connectivity index (χ0) is 24.3. The van der Waals surface area contributed by atoms with Gasteiger partial charge in [0, 0.05) is 34.3 Å². The highest BCUT2D eigenvalue weighted by Gasteiger charge is 2.54. The minimum Gasteiger partial charge on any atom is -0.475 e. The van der Waals surface area contributed by atoms with Gasteiger partial charge in [0.15, 0.2) is 0 Å². The van der Waals surface area contributed by atoms with Crippen LogP contribution in [0.5, 0.6) is 0 Å². The van der Waals surface area contributed by atoms with E-state index >= 15 is 0 Å². The topological polar surface area (TPSA) is 68.0 Å². The van der Waals surface area contributed by atoms with Crippen LogP contribution in [0.25, 0.3) is 0 Å². The van der Waals surface area contributed by atoms with Crippen molar-refractivity contribution >= 4 is 29.2 Å². The lowest BCUT2D eigenvalue weighted by molar-refractivity contribution is -0.192. The maximum Gasteiger partial charge on any atom is 0.490 e. The summed E-state index contributed by atoms with van der Waals surface area (Å²) in [4.78, 5) is 8.90. The molecule has 2 heterocycles. The maximum atomic E-state index is 10.6. The van der Waals surface area contributed by atoms with Gasteiger partial charge < -0.3 is 9.67 Å². The molecule has 5 nitrogen and oxygen atoms in total. The molecule has 1 aromatic heterocycles. The summed E-state index contributed by atoms with van der Waals surface area (Å²) in [5.41, 5.74) is 1.39. The summed E-state index contributed by atoms with van der Waals surface area (Å²) in [7, 11) is 0. The van der Waals surface area contributed by atoms with E-state index in [2.05, 4.69) is 9.67 Å². The van der Waals surface area contributed by atoms with Crippen LogP contribution in [-0.2, 0) is 23.2 Å². The molecule has 1 aliphatic heterocycles. The highest BCUT2D eigenvalue weighted by molar-refractivity contribution is 6.36. The number of fused-ring (bicyclic) bond motifs is 1. The monoisotopic (exact) mass is 515 g/mol. The molecule has 0 spiro atoms. The van der Waals surface area contributed by atoms with E-state index in [1.807, 2.05) is 18.2 Å². The van der Waals surface area contributed by atoms with Crippen molar-refractivity contribution in [3.8, 4) is 0 Å². The molecular weight excluding hydrogens is 490 g/mol. The number of benzene rings is 1. The fourth-order valence-corrected chi connectivity index (χ4v) is 7.95. The average molecular weight is 516 g/mol. The lowest BCUT2D eigenvalue weighted by Crippen LogP contribution is -2.50. The van der Waals surface area contributed by atoms with Crippen LogP contribution in [-0.4, -0.2) is 32.0 Å². The van der Waals surface area contributed by atoms with Gasteiger partial charge in [0.1, 0.15) is 11.6 Å². The largest absolute Gasteiger partial charge is 0.490 e. The van der Waals surface area contributed by atoms with Crippen molar-refractivity contribution < 1.29 is 23.1 Å². The second kappa shape index (κ2) is 8.70. The Bertz CT molecular complexity index is 1050. The molecule has 10 heteroatoms. The van der Waals surface area contributed by atoms with E-state index in [-0.39, 0.29) is 5.41 Å². The highest BCUT2D eigenvalue weighted by Crippen LogP contribution is 2.60. The van der Waals surface area contributed by atoms with E-state index in [0.29, 0.717) is 5.92 Å². The number of carboxylic acids is 1. The summed E-state index contributed by atoms with van der Waals surface area (Å²) in [5, 5.41) is 18.2. The van der Waals surface area contributed by atoms with Crippen LogP contribution in [0, 0.1) is 17.8 Å². The van der Waals surface area contributed by atoms with Crippen molar-refractivity contribution in [3.05, 3.63) is 45.5 Å². The Morgan fingerprint density at radius 1 is 1.03 bits per heavy atom. The molecule has 5 aliphatic rings. The first-order chi connectivity index (χ1) is 16.1. The molecule has 0 amide bonds. The fourth-order valence-electron chi connectivity index (χ4n) is 7.24. The van der Waals surface area contributed by atoms with Gasteiger partial charge in [0.05, 0.1) is 0 Å². The second-order valence-corrected chi connectivity index (χ2v) is 11.2. The molecule has 4 fully saturated rings. The number of hydrogen-bond donors (Lipinski definition) is 1. The Morgan fingerprint density at radius 3 is 2.06 bits per heavy atom. The summed E-state index contributed by atoms with van der Waals surface area (Å²) in [6, 6.07) is 5.86. The fraction of sp³-hybridized carbons (Fsp3) is 0.625. The molecule has 184 valence electrons. The summed E-state index contributed by atoms with van der Waals surface area (Å²) in [6.45, 7) is 0.920. The number of aromatic nitrogens is 3. The zero-order valence-corrected chi connectivity index (χ0v) is 20.0. The van der Waals surface area contributed by atoms with Gasteiger partial charge in [-0.1, -0.05) is 29.3 Å². The van der Waals surface area contributed by atoms with Gasteiger partial charge in [-0.25, -0.2) is 4.79 Å². The lowest BCUT2D eigenvalue weighted by Gasteiger charge is -2.56. The number of carbonyl (C=O) groups is 1. The lowest BCUT2D eigenvalue weighted by atomic mass is 9.49. The minimum atomic E-state index is -5.08. The van der Waals surface area contributed by atoms with Gasteiger partial charge in [0.2, 0.25) is 0 Å². The van der Waals surface area contributed by atoms with Gasteiger partial charge in [-0.2, -0.15) is 13.2 Å². The number of alkyl halides is 3. The number of aryl methyl sites for hydroxylation is 1. The third-order valence-corrected chi connectivity index (χ3v) is 8.77. The average Bonchev–Trinajstić information content (AvgIpc) is 3.17. The van der Waals surface area contributed by atoms with E-state index in [9.17, 15) is 13.2 Å². The quantitative estimate of drug-likeness (QED) is 0.501. The number of rotatable bonds is 2. The van der Waals surface area contributed by atoms with Crippen LogP contribution in [0.3, 0.4) is 0 Å². The van der Waals surface area contributed by atoms with Gasteiger partial charge in [-0.05, 0) is 80.4 Å². The van der Waals surface area contributed by atoms with Crippen molar-refractivity contribution in [1.82, 2.24) is 14.8 Å². The van der Waals surface area contributed by atoms with Crippen molar-refractivity contribution in [2.75, 3.05) is 0 Å². The molecule has 0 saturated heterocycles. The summed E-state index contributed by atoms with van der Waals surface area (Å²) in [6.07, 6.45) is 5.28. The van der Waals surface area contributed by atoms with Crippen molar-refractivity contribution in [3.63, 3.8) is 0 Å². The predicted molar refractivity (Wildman–Crippen MR) is 121 cm³/mol. The normalized spacial score (nSPS) is 31.6. The molecule has 1 unspecified atom stereocenters. The standard InChI is InChI=1S/C22H25Cl2N3.C2HF3O2/c23-17-2-1-3-18(24)20(17)16-4-5-19-25-26-21(27(19)12-16)22-9-13-6-14(10-22)8-15(7-13)11-22;3-2(4,5)1(6)7/h1-3,13-16H,4-12H2;(H,6,7). The predicted octanol–water partition coefficient (Wildman–Crippen LogP) is 6.42. The van der Waals surface area contributed by atoms with Crippen molar-refractivity contribution in [2.24, 2.45) is 17.8 Å².